The Morgan fingerprint density at radius 3 is 1.67 bits per heavy atom. The van der Waals surface area contributed by atoms with Crippen LogP contribution in [-0.4, -0.2) is 37.3 Å². The fraction of sp³-hybridized carbons (Fsp3) is 1.00. The van der Waals surface area contributed by atoms with Gasteiger partial charge >= 0.3 is 0 Å². The molecule has 2 atom stereocenters. The molecule has 0 aromatic rings. The van der Waals surface area contributed by atoms with E-state index in [2.05, 4.69) is 0 Å². The third-order valence-electron chi connectivity index (χ3n) is 2.56. The first kappa shape index (κ1) is 17.4. The van der Waals surface area contributed by atoms with Gasteiger partial charge in [-0.2, -0.15) is 0 Å². The molecule has 0 spiro atoms. The summed E-state index contributed by atoms with van der Waals surface area (Å²) < 4.78 is 37.5. The van der Waals surface area contributed by atoms with E-state index in [-0.39, 0.29) is 18.3 Å². The Bertz CT molecular complexity index is 159. The van der Waals surface area contributed by atoms with Crippen LogP contribution in [0, 0.1) is 11.3 Å². The highest BCUT2D eigenvalue weighted by molar-refractivity contribution is 5.85. The van der Waals surface area contributed by atoms with Gasteiger partial charge in [0.05, 0.1) is 11.5 Å². The average molecular weight is 250 g/mol. The summed E-state index contributed by atoms with van der Waals surface area (Å²) in [5.41, 5.74) is 3.54. The second kappa shape index (κ2) is 7.30. The zero-order valence-corrected chi connectivity index (χ0v) is 9.74. The van der Waals surface area contributed by atoms with Crippen LogP contribution in [0.3, 0.4) is 0 Å². The molecule has 1 unspecified atom stereocenters. The van der Waals surface area contributed by atoms with Gasteiger partial charge in [0, 0.05) is 6.04 Å². The molecule has 0 aliphatic rings. The summed E-state index contributed by atoms with van der Waals surface area (Å²) in [5, 5.41) is 9.55. The summed E-state index contributed by atoms with van der Waals surface area (Å²) in [6, 6.07) is -0.822. The van der Waals surface area contributed by atoms with E-state index < -0.39 is 37.6 Å². The topological polar surface area (TPSA) is 46.2 Å². The molecule has 0 aromatic carbocycles. The van der Waals surface area contributed by atoms with Gasteiger partial charge in [0.25, 0.3) is 0 Å². The summed E-state index contributed by atoms with van der Waals surface area (Å²) >= 11 is 0. The molecule has 0 aliphatic heterocycles. The normalized spacial score (nSPS) is 16.0. The van der Waals surface area contributed by atoms with E-state index in [1.807, 2.05) is 0 Å². The maximum Gasteiger partial charge on any atom is 0.103 e. The zero-order valence-electron chi connectivity index (χ0n) is 8.92. The molecule has 0 fully saturated rings. The molecule has 15 heavy (non-hydrogen) atoms. The molecule has 0 amide bonds. The molecule has 2 nitrogen and oxygen atoms in total. The lowest BCUT2D eigenvalue weighted by atomic mass is 9.79. The number of aliphatic hydroxyl groups is 1. The van der Waals surface area contributed by atoms with Crippen LogP contribution in [0.2, 0.25) is 0 Å². The highest BCUT2D eigenvalue weighted by Gasteiger charge is 2.42. The summed E-state index contributed by atoms with van der Waals surface area (Å²) in [6.07, 6.45) is -1.50. The number of halogens is 4. The molecular weight excluding hydrogens is 231 g/mol. The Labute approximate surface area is 94.4 Å². The van der Waals surface area contributed by atoms with Crippen LogP contribution in [-0.2, 0) is 0 Å². The Hall–Kier alpha value is -0.0000000000000000555. The van der Waals surface area contributed by atoms with Gasteiger partial charge in [-0.25, -0.2) is 0 Å². The summed E-state index contributed by atoms with van der Waals surface area (Å²) in [7, 11) is 0. The molecule has 6 heteroatoms. The lowest BCUT2D eigenvalue weighted by molar-refractivity contribution is -0.0486. The van der Waals surface area contributed by atoms with Gasteiger partial charge in [-0.05, 0) is 5.92 Å². The predicted molar refractivity (Wildman–Crippen MR) is 56.4 cm³/mol. The van der Waals surface area contributed by atoms with Crippen LogP contribution in [0.25, 0.3) is 0 Å². The van der Waals surface area contributed by atoms with Crippen LogP contribution < -0.4 is 5.73 Å². The van der Waals surface area contributed by atoms with E-state index in [0.717, 1.165) is 0 Å². The molecule has 0 bridgehead atoms. The van der Waals surface area contributed by atoms with Crippen LogP contribution in [0.15, 0.2) is 0 Å². The summed E-state index contributed by atoms with van der Waals surface area (Å²) in [4.78, 5) is 0. The van der Waals surface area contributed by atoms with Gasteiger partial charge in [-0.1, -0.05) is 13.8 Å². The second-order valence-corrected chi connectivity index (χ2v) is 4.03. The van der Waals surface area contributed by atoms with Crippen molar-refractivity contribution in [2.75, 3.05) is 20.0 Å². The lowest BCUT2D eigenvalue weighted by Crippen LogP contribution is -2.53. The van der Waals surface area contributed by atoms with E-state index in [1.165, 1.54) is 0 Å². The largest absolute Gasteiger partial charge is 0.391 e. The van der Waals surface area contributed by atoms with Crippen molar-refractivity contribution in [2.45, 2.75) is 26.0 Å². The number of hydrogen-bond acceptors (Lipinski definition) is 2. The van der Waals surface area contributed by atoms with Crippen molar-refractivity contribution >= 4 is 12.4 Å². The van der Waals surface area contributed by atoms with Crippen molar-refractivity contribution < 1.29 is 18.3 Å². The number of nitrogens with two attached hydrogens (primary N) is 1. The molecule has 0 saturated carbocycles. The Morgan fingerprint density at radius 1 is 1.13 bits per heavy atom. The van der Waals surface area contributed by atoms with Crippen LogP contribution in [0.4, 0.5) is 13.2 Å². The molecule has 94 valence electrons. The van der Waals surface area contributed by atoms with E-state index in [1.54, 1.807) is 13.8 Å². The molecular formula is C9H19ClF3NO. The quantitative estimate of drug-likeness (QED) is 0.752. The Kier molecular flexibility index (Phi) is 8.47. The van der Waals surface area contributed by atoms with Gasteiger partial charge in [0.2, 0.25) is 0 Å². The molecule has 0 saturated heterocycles. The Morgan fingerprint density at radius 2 is 1.47 bits per heavy atom. The molecule has 0 heterocycles. The fourth-order valence-electron chi connectivity index (χ4n) is 1.12. The number of aliphatic hydroxyl groups excluding tert-OH is 1. The van der Waals surface area contributed by atoms with Gasteiger partial charge in [0.15, 0.2) is 0 Å². The van der Waals surface area contributed by atoms with Crippen LogP contribution in [0.5, 0.6) is 0 Å². The third kappa shape index (κ3) is 3.81. The van der Waals surface area contributed by atoms with Crippen molar-refractivity contribution in [1.82, 2.24) is 0 Å². The highest BCUT2D eigenvalue weighted by Crippen LogP contribution is 2.28. The van der Waals surface area contributed by atoms with Crippen LogP contribution >= 0.6 is 12.4 Å². The monoisotopic (exact) mass is 249 g/mol. The van der Waals surface area contributed by atoms with Crippen molar-refractivity contribution in [3.05, 3.63) is 0 Å². The highest BCUT2D eigenvalue weighted by atomic mass is 35.5. The van der Waals surface area contributed by atoms with Crippen molar-refractivity contribution in [3.8, 4) is 0 Å². The summed E-state index contributed by atoms with van der Waals surface area (Å²) in [6.45, 7) is -0.342. The maximum absolute atomic E-state index is 12.5. The minimum Gasteiger partial charge on any atom is -0.391 e. The number of hydrogen-bond donors (Lipinski definition) is 2. The second-order valence-electron chi connectivity index (χ2n) is 4.03. The SMILES string of the molecule is CC(C)[C@H](N)C(O)C(CF)(CF)CF.Cl. The lowest BCUT2D eigenvalue weighted by Gasteiger charge is -2.35. The van der Waals surface area contributed by atoms with Crippen molar-refractivity contribution in [1.29, 1.82) is 0 Å². The number of alkyl halides is 3. The van der Waals surface area contributed by atoms with Gasteiger partial charge in [-0.15, -0.1) is 12.4 Å². The van der Waals surface area contributed by atoms with Crippen LogP contribution in [0.1, 0.15) is 13.8 Å². The van der Waals surface area contributed by atoms with Gasteiger partial charge in [-0.3, -0.25) is 13.2 Å². The van der Waals surface area contributed by atoms with Gasteiger partial charge < -0.3 is 10.8 Å². The van der Waals surface area contributed by atoms with Crippen molar-refractivity contribution in [2.24, 2.45) is 17.1 Å². The smallest absolute Gasteiger partial charge is 0.103 e. The van der Waals surface area contributed by atoms with E-state index in [0.29, 0.717) is 0 Å². The predicted octanol–water partition coefficient (Wildman–Crippen LogP) is 1.65. The van der Waals surface area contributed by atoms with E-state index in [9.17, 15) is 18.3 Å². The minimum absolute atomic E-state index is 0. The molecule has 0 rings (SSSR count). The van der Waals surface area contributed by atoms with Gasteiger partial charge in [0.1, 0.15) is 20.0 Å². The van der Waals surface area contributed by atoms with Crippen molar-refractivity contribution in [3.63, 3.8) is 0 Å². The first-order valence-electron chi connectivity index (χ1n) is 4.56. The minimum atomic E-state index is -1.98. The van der Waals surface area contributed by atoms with E-state index >= 15 is 0 Å². The maximum atomic E-state index is 12.5. The molecule has 0 radical (unpaired) electrons. The molecule has 3 N–H and O–H groups in total. The van der Waals surface area contributed by atoms with E-state index in [4.69, 9.17) is 5.73 Å². The average Bonchev–Trinajstić information content (AvgIpc) is 2.19. The molecule has 0 aliphatic carbocycles. The fourth-order valence-corrected chi connectivity index (χ4v) is 1.12. The third-order valence-corrected chi connectivity index (χ3v) is 2.56. The summed E-state index contributed by atoms with van der Waals surface area (Å²) in [5.74, 6) is -0.158. The number of rotatable bonds is 6. The standard InChI is InChI=1S/C9H18F3NO.ClH/c1-6(2)7(13)8(14)9(3-10,4-11)5-12;/h6-8,14H,3-5,13H2,1-2H3;1H/t7-,8?;/m0./s1. The Balaban J connectivity index is 0. The first-order valence-corrected chi connectivity index (χ1v) is 4.56. The zero-order chi connectivity index (χ0) is 11.4. The first-order chi connectivity index (χ1) is 6.45. The molecule has 0 aromatic heterocycles.